The number of hydrogen-bond donors (Lipinski definition) is 2. The zero-order valence-electron chi connectivity index (χ0n) is 12.1. The van der Waals surface area contributed by atoms with Crippen molar-refractivity contribution in [3.63, 3.8) is 0 Å². The third kappa shape index (κ3) is 5.25. The van der Waals surface area contributed by atoms with Crippen LogP contribution in [0.25, 0.3) is 0 Å². The van der Waals surface area contributed by atoms with Gasteiger partial charge in [0.05, 0.1) is 6.61 Å². The van der Waals surface area contributed by atoms with Gasteiger partial charge in [0.1, 0.15) is 0 Å². The van der Waals surface area contributed by atoms with E-state index in [1.807, 2.05) is 0 Å². The molecule has 2 rings (SSSR count). The molecule has 0 aromatic carbocycles. The molecule has 2 aliphatic rings. The Bertz CT molecular complexity index is 251. The molecule has 106 valence electrons. The highest BCUT2D eigenvalue weighted by Crippen LogP contribution is 2.29. The molecule has 0 aromatic heterocycles. The Hall–Kier alpha value is -0.120. The quantitative estimate of drug-likeness (QED) is 0.585. The van der Waals surface area contributed by atoms with Crippen LogP contribution in [0.15, 0.2) is 0 Å². The van der Waals surface area contributed by atoms with Gasteiger partial charge in [0.2, 0.25) is 0 Å². The van der Waals surface area contributed by atoms with Crippen molar-refractivity contribution in [3.05, 3.63) is 0 Å². The summed E-state index contributed by atoms with van der Waals surface area (Å²) in [6.45, 7) is 4.93. The number of nitrogens with one attached hydrogen (secondary N) is 1. The van der Waals surface area contributed by atoms with Crippen LogP contribution in [0, 0.1) is 5.92 Å². The number of rotatable bonds is 10. The third-order valence-electron chi connectivity index (χ3n) is 4.26. The minimum atomic E-state index is -0.0454. The summed E-state index contributed by atoms with van der Waals surface area (Å²) in [5, 5.41) is 13.1. The molecule has 1 atom stereocenters. The predicted molar refractivity (Wildman–Crippen MR) is 75.7 cm³/mol. The van der Waals surface area contributed by atoms with Crippen molar-refractivity contribution in [1.82, 2.24) is 10.2 Å². The fourth-order valence-electron chi connectivity index (χ4n) is 2.65. The van der Waals surface area contributed by atoms with Gasteiger partial charge in [-0.25, -0.2) is 0 Å². The van der Waals surface area contributed by atoms with Crippen molar-refractivity contribution in [3.8, 4) is 0 Å². The summed E-state index contributed by atoms with van der Waals surface area (Å²) in [6, 6.07) is 0.680. The average Bonchev–Trinajstić information content (AvgIpc) is 3.21. The summed E-state index contributed by atoms with van der Waals surface area (Å²) in [5.74, 6) is 0.995. The van der Waals surface area contributed by atoms with E-state index in [1.54, 1.807) is 0 Å². The van der Waals surface area contributed by atoms with Crippen LogP contribution < -0.4 is 5.32 Å². The first-order valence-electron chi connectivity index (χ1n) is 7.68. The van der Waals surface area contributed by atoms with E-state index >= 15 is 0 Å². The van der Waals surface area contributed by atoms with Crippen molar-refractivity contribution in [1.29, 1.82) is 0 Å². The van der Waals surface area contributed by atoms with Gasteiger partial charge in [0, 0.05) is 18.1 Å². The summed E-state index contributed by atoms with van der Waals surface area (Å²) in [6.07, 6.45) is 9.03. The van der Waals surface area contributed by atoms with Crippen LogP contribution in [0.4, 0.5) is 0 Å². The van der Waals surface area contributed by atoms with Gasteiger partial charge in [0.25, 0.3) is 0 Å². The van der Waals surface area contributed by atoms with Gasteiger partial charge in [-0.05, 0) is 65.0 Å². The molecule has 0 aliphatic heterocycles. The normalized spacial score (nSPS) is 23.3. The van der Waals surface area contributed by atoms with Crippen LogP contribution >= 0.6 is 0 Å². The molecule has 1 unspecified atom stereocenters. The summed E-state index contributed by atoms with van der Waals surface area (Å²) >= 11 is 0. The SMILES string of the molecule is CN(CCCCC(C)(CO)NC1CC1)CC1CC1. The lowest BCUT2D eigenvalue weighted by Gasteiger charge is -2.29. The van der Waals surface area contributed by atoms with E-state index in [9.17, 15) is 5.11 Å². The van der Waals surface area contributed by atoms with Crippen molar-refractivity contribution in [2.45, 2.75) is 63.5 Å². The Morgan fingerprint density at radius 3 is 2.50 bits per heavy atom. The molecule has 2 N–H and O–H groups in total. The predicted octanol–water partition coefficient (Wildman–Crippen LogP) is 2.00. The second-order valence-electron chi connectivity index (χ2n) is 6.80. The molecule has 2 aliphatic carbocycles. The second-order valence-corrected chi connectivity index (χ2v) is 6.80. The van der Waals surface area contributed by atoms with Gasteiger partial charge in [-0.15, -0.1) is 0 Å². The molecule has 2 saturated carbocycles. The first kappa shape index (κ1) is 14.3. The molecule has 2 fully saturated rings. The number of nitrogens with zero attached hydrogens (tertiary/aromatic N) is 1. The largest absolute Gasteiger partial charge is 0.394 e. The lowest BCUT2D eigenvalue weighted by atomic mass is 9.95. The molecule has 0 spiro atoms. The maximum absolute atomic E-state index is 9.52. The van der Waals surface area contributed by atoms with E-state index < -0.39 is 0 Å². The van der Waals surface area contributed by atoms with Gasteiger partial charge in [-0.1, -0.05) is 6.42 Å². The van der Waals surface area contributed by atoms with Gasteiger partial charge in [-0.3, -0.25) is 0 Å². The molecule has 18 heavy (non-hydrogen) atoms. The molecule has 3 nitrogen and oxygen atoms in total. The van der Waals surface area contributed by atoms with Crippen molar-refractivity contribution in [2.75, 3.05) is 26.7 Å². The van der Waals surface area contributed by atoms with Crippen molar-refractivity contribution in [2.24, 2.45) is 5.92 Å². The van der Waals surface area contributed by atoms with Crippen LogP contribution in [0.3, 0.4) is 0 Å². The molecule has 0 bridgehead atoms. The molecule has 0 saturated heterocycles. The maximum Gasteiger partial charge on any atom is 0.0610 e. The Morgan fingerprint density at radius 1 is 1.22 bits per heavy atom. The monoisotopic (exact) mass is 254 g/mol. The minimum Gasteiger partial charge on any atom is -0.394 e. The van der Waals surface area contributed by atoms with Crippen LogP contribution in [0.5, 0.6) is 0 Å². The standard InChI is InChI=1S/C15H30N2O/c1-15(12-18,16-14-7-8-14)9-3-4-10-17(2)11-13-5-6-13/h13-14,16,18H,3-12H2,1-2H3. The lowest BCUT2D eigenvalue weighted by molar-refractivity contribution is 0.159. The Morgan fingerprint density at radius 2 is 1.94 bits per heavy atom. The smallest absolute Gasteiger partial charge is 0.0610 e. The third-order valence-corrected chi connectivity index (χ3v) is 4.26. The molecule has 3 heteroatoms. The van der Waals surface area contributed by atoms with Crippen LogP contribution in [-0.2, 0) is 0 Å². The Kier molecular flexibility index (Phi) is 5.05. The zero-order chi connectivity index (χ0) is 13.0. The second kappa shape index (κ2) is 6.36. The average molecular weight is 254 g/mol. The Balaban J connectivity index is 1.54. The number of unbranched alkanes of at least 4 members (excludes halogenated alkanes) is 1. The molecule has 0 aromatic rings. The topological polar surface area (TPSA) is 35.5 Å². The summed E-state index contributed by atoms with van der Waals surface area (Å²) in [7, 11) is 2.24. The van der Waals surface area contributed by atoms with E-state index in [0.29, 0.717) is 6.04 Å². The van der Waals surface area contributed by atoms with Gasteiger partial charge in [0.15, 0.2) is 0 Å². The molecule has 0 amide bonds. The van der Waals surface area contributed by atoms with Crippen LogP contribution in [-0.4, -0.2) is 48.3 Å². The fourth-order valence-corrected chi connectivity index (χ4v) is 2.65. The van der Waals surface area contributed by atoms with E-state index in [4.69, 9.17) is 0 Å². The lowest BCUT2D eigenvalue weighted by Crippen LogP contribution is -2.46. The minimum absolute atomic E-state index is 0.0454. The number of aliphatic hydroxyl groups excluding tert-OH is 1. The molecular formula is C15H30N2O. The first-order chi connectivity index (χ1) is 8.61. The van der Waals surface area contributed by atoms with Crippen LogP contribution in [0.2, 0.25) is 0 Å². The summed E-state index contributed by atoms with van der Waals surface area (Å²) in [4.78, 5) is 2.47. The Labute approximate surface area is 112 Å². The van der Waals surface area contributed by atoms with Crippen molar-refractivity contribution < 1.29 is 5.11 Å². The zero-order valence-corrected chi connectivity index (χ0v) is 12.1. The molecule has 0 radical (unpaired) electrons. The highest BCUT2D eigenvalue weighted by atomic mass is 16.3. The number of hydrogen-bond acceptors (Lipinski definition) is 3. The van der Waals surface area contributed by atoms with Gasteiger partial charge in [-0.2, -0.15) is 0 Å². The summed E-state index contributed by atoms with van der Waals surface area (Å²) < 4.78 is 0. The highest BCUT2D eigenvalue weighted by molar-refractivity contribution is 4.92. The fraction of sp³-hybridized carbons (Fsp3) is 1.00. The van der Waals surface area contributed by atoms with E-state index in [-0.39, 0.29) is 12.1 Å². The molecular weight excluding hydrogens is 224 g/mol. The van der Waals surface area contributed by atoms with E-state index in [2.05, 4.69) is 24.2 Å². The van der Waals surface area contributed by atoms with Crippen molar-refractivity contribution >= 4 is 0 Å². The van der Waals surface area contributed by atoms with E-state index in [0.717, 1.165) is 12.3 Å². The van der Waals surface area contributed by atoms with Gasteiger partial charge < -0.3 is 15.3 Å². The van der Waals surface area contributed by atoms with Gasteiger partial charge >= 0.3 is 0 Å². The van der Waals surface area contributed by atoms with Crippen LogP contribution in [0.1, 0.15) is 51.9 Å². The van der Waals surface area contributed by atoms with E-state index in [1.165, 1.54) is 51.6 Å². The summed E-state index contributed by atoms with van der Waals surface area (Å²) in [5.41, 5.74) is -0.0454. The molecule has 0 heterocycles. The first-order valence-corrected chi connectivity index (χ1v) is 7.68. The number of aliphatic hydroxyl groups is 1. The highest BCUT2D eigenvalue weighted by Gasteiger charge is 2.31. The maximum atomic E-state index is 9.52.